The van der Waals surface area contributed by atoms with Crippen molar-refractivity contribution in [2.75, 3.05) is 19.8 Å². The molecule has 0 bridgehead atoms. The Bertz CT molecular complexity index is 1170. The molecule has 1 fully saturated rings. The minimum absolute atomic E-state index is 0.0705. The zero-order valence-electron chi connectivity index (χ0n) is 22.4. The Hall–Kier alpha value is -3.47. The lowest BCUT2D eigenvalue weighted by molar-refractivity contribution is -0.320. The highest BCUT2D eigenvalue weighted by atomic mass is 16.7. The fourth-order valence-corrected chi connectivity index (χ4v) is 4.49. The van der Waals surface area contributed by atoms with E-state index in [2.05, 4.69) is 0 Å². The maximum Gasteiger partial charge on any atom is 0.508 e. The van der Waals surface area contributed by atoms with Crippen LogP contribution in [0.15, 0.2) is 84.9 Å². The first-order valence-electron chi connectivity index (χ1n) is 13.3. The largest absolute Gasteiger partial charge is 0.508 e. The topological polar surface area (TPSA) is 124 Å². The van der Waals surface area contributed by atoms with Gasteiger partial charge in [0.1, 0.15) is 30.7 Å². The van der Waals surface area contributed by atoms with Crippen LogP contribution in [-0.2, 0) is 38.4 Å². The molecule has 9 heteroatoms. The summed E-state index contributed by atoms with van der Waals surface area (Å²) in [6.07, 6.45) is -6.06. The lowest BCUT2D eigenvalue weighted by Gasteiger charge is -2.47. The molecule has 1 saturated heterocycles. The number of aliphatic hydroxyl groups excluding tert-OH is 2. The van der Waals surface area contributed by atoms with Crippen molar-refractivity contribution in [3.05, 3.63) is 102 Å². The van der Waals surface area contributed by atoms with Crippen molar-refractivity contribution < 1.29 is 43.8 Å². The molecule has 9 nitrogen and oxygen atoms in total. The van der Waals surface area contributed by atoms with Gasteiger partial charge in [-0.25, -0.2) is 4.79 Å². The van der Waals surface area contributed by atoms with Crippen LogP contribution in [0, 0.1) is 0 Å². The first-order valence-corrected chi connectivity index (χ1v) is 13.3. The zero-order valence-corrected chi connectivity index (χ0v) is 22.4. The first-order chi connectivity index (χ1) is 19.4. The Morgan fingerprint density at radius 1 is 0.875 bits per heavy atom. The van der Waals surface area contributed by atoms with E-state index in [-0.39, 0.29) is 13.0 Å². The summed E-state index contributed by atoms with van der Waals surface area (Å²) in [5.41, 5.74) is 0.853. The van der Waals surface area contributed by atoms with Gasteiger partial charge in [-0.15, -0.1) is 0 Å². The van der Waals surface area contributed by atoms with Gasteiger partial charge in [-0.2, -0.15) is 0 Å². The van der Waals surface area contributed by atoms with Gasteiger partial charge in [0, 0.05) is 6.42 Å². The summed E-state index contributed by atoms with van der Waals surface area (Å²) in [7, 11) is 0. The van der Waals surface area contributed by atoms with E-state index >= 15 is 0 Å². The number of ether oxygens (including phenoxy) is 5. The number of hydrogen-bond acceptors (Lipinski definition) is 9. The number of rotatable bonds is 12. The van der Waals surface area contributed by atoms with E-state index in [9.17, 15) is 20.1 Å². The first kappa shape index (κ1) is 29.5. The zero-order chi connectivity index (χ0) is 28.4. The maximum atomic E-state index is 11.7. The van der Waals surface area contributed by atoms with Gasteiger partial charge in [-0.05, 0) is 42.2 Å². The van der Waals surface area contributed by atoms with E-state index in [0.29, 0.717) is 30.9 Å². The molecule has 1 aliphatic heterocycles. The number of aliphatic hydroxyl groups is 3. The second-order valence-electron chi connectivity index (χ2n) is 9.64. The lowest BCUT2D eigenvalue weighted by Crippen LogP contribution is -2.69. The highest BCUT2D eigenvalue weighted by Gasteiger charge is 2.56. The molecule has 0 saturated carbocycles. The number of carbonyl (C=O) groups excluding carboxylic acids is 1. The fraction of sp³-hybridized carbons (Fsp3) is 0.387. The standard InChI is InChI=1S/C31H36O9/c1-2-37-30(34)38-21-26-27(32)28(33)31(35,29(40-26)39-25-11-7-4-8-12-25)19-23-15-13-22(14-16-23)17-18-36-20-24-9-5-3-6-10-24/h3-16,26-29,32-33,35H,2,17-21H2,1H3/t26-,27-,28+,29-,31-/m1/s1. The summed E-state index contributed by atoms with van der Waals surface area (Å²) < 4.78 is 27.3. The monoisotopic (exact) mass is 552 g/mol. The number of hydrogen-bond donors (Lipinski definition) is 3. The van der Waals surface area contributed by atoms with Gasteiger partial charge in [-0.3, -0.25) is 0 Å². The molecule has 0 aromatic heterocycles. The van der Waals surface area contributed by atoms with Crippen LogP contribution >= 0.6 is 0 Å². The molecular weight excluding hydrogens is 516 g/mol. The van der Waals surface area contributed by atoms with E-state index in [1.165, 1.54) is 0 Å². The third-order valence-corrected chi connectivity index (χ3v) is 6.69. The normalized spacial score (nSPS) is 24.3. The van der Waals surface area contributed by atoms with Crippen LogP contribution in [0.25, 0.3) is 0 Å². The highest BCUT2D eigenvalue weighted by Crippen LogP contribution is 2.35. The predicted octanol–water partition coefficient (Wildman–Crippen LogP) is 3.42. The third kappa shape index (κ3) is 7.80. The predicted molar refractivity (Wildman–Crippen MR) is 146 cm³/mol. The van der Waals surface area contributed by atoms with Crippen LogP contribution < -0.4 is 4.74 Å². The Labute approximate surface area is 233 Å². The van der Waals surface area contributed by atoms with Crippen LogP contribution in [0.5, 0.6) is 5.75 Å². The van der Waals surface area contributed by atoms with Gasteiger partial charge >= 0.3 is 6.16 Å². The molecule has 5 atom stereocenters. The molecular formula is C31H36O9. The molecule has 0 unspecified atom stereocenters. The second-order valence-corrected chi connectivity index (χ2v) is 9.64. The molecule has 1 heterocycles. The Morgan fingerprint density at radius 3 is 2.20 bits per heavy atom. The van der Waals surface area contributed by atoms with Gasteiger partial charge in [0.25, 0.3) is 0 Å². The molecule has 4 rings (SSSR count). The van der Waals surface area contributed by atoms with Crippen LogP contribution in [0.2, 0.25) is 0 Å². The average molecular weight is 553 g/mol. The van der Waals surface area contributed by atoms with Crippen LogP contribution in [0.1, 0.15) is 23.6 Å². The summed E-state index contributed by atoms with van der Waals surface area (Å²) >= 11 is 0. The SMILES string of the molecule is CCOC(=O)OC[C@H]1O[C@@H](Oc2ccccc2)[C@@](O)(Cc2ccc(CCOCc3ccccc3)cc2)[C@@H](O)[C@@H]1O. The molecule has 0 amide bonds. The fourth-order valence-electron chi connectivity index (χ4n) is 4.49. The summed E-state index contributed by atoms with van der Waals surface area (Å²) in [5, 5.41) is 33.6. The van der Waals surface area contributed by atoms with Crippen LogP contribution in [-0.4, -0.2) is 71.5 Å². The molecule has 3 aromatic carbocycles. The second kappa shape index (κ2) is 14.2. The van der Waals surface area contributed by atoms with Crippen molar-refractivity contribution in [3.63, 3.8) is 0 Å². The van der Waals surface area contributed by atoms with Gasteiger partial charge in [-0.1, -0.05) is 72.8 Å². The van der Waals surface area contributed by atoms with Crippen LogP contribution in [0.3, 0.4) is 0 Å². The van der Waals surface area contributed by atoms with Crippen molar-refractivity contribution in [3.8, 4) is 5.75 Å². The summed E-state index contributed by atoms with van der Waals surface area (Å²) in [6, 6.07) is 26.2. The summed E-state index contributed by atoms with van der Waals surface area (Å²) in [5.74, 6) is 0.394. The molecule has 3 aromatic rings. The highest BCUT2D eigenvalue weighted by molar-refractivity contribution is 5.59. The van der Waals surface area contributed by atoms with Gasteiger partial charge in [0.2, 0.25) is 6.29 Å². The van der Waals surface area contributed by atoms with E-state index < -0.39 is 43.0 Å². The third-order valence-electron chi connectivity index (χ3n) is 6.69. The molecule has 40 heavy (non-hydrogen) atoms. The quantitative estimate of drug-likeness (QED) is 0.229. The maximum absolute atomic E-state index is 11.7. The van der Waals surface area contributed by atoms with Crippen molar-refractivity contribution in [1.29, 1.82) is 0 Å². The molecule has 0 spiro atoms. The summed E-state index contributed by atoms with van der Waals surface area (Å²) in [4.78, 5) is 11.7. The molecule has 0 aliphatic carbocycles. The average Bonchev–Trinajstić information content (AvgIpc) is 2.97. The van der Waals surface area contributed by atoms with E-state index in [4.69, 9.17) is 23.7 Å². The van der Waals surface area contributed by atoms with E-state index in [0.717, 1.165) is 11.1 Å². The van der Waals surface area contributed by atoms with E-state index in [1.807, 2.05) is 60.7 Å². The Morgan fingerprint density at radius 2 is 1.52 bits per heavy atom. The van der Waals surface area contributed by atoms with Crippen molar-refractivity contribution in [2.24, 2.45) is 0 Å². The smallest absolute Gasteiger partial charge is 0.462 e. The lowest BCUT2D eigenvalue weighted by atomic mass is 9.81. The summed E-state index contributed by atoms with van der Waals surface area (Å²) in [6.45, 7) is 2.45. The van der Waals surface area contributed by atoms with Crippen LogP contribution in [0.4, 0.5) is 4.79 Å². The molecule has 3 N–H and O–H groups in total. The van der Waals surface area contributed by atoms with Gasteiger partial charge < -0.3 is 39.0 Å². The van der Waals surface area contributed by atoms with Crippen molar-refractivity contribution in [2.45, 2.75) is 56.6 Å². The minimum atomic E-state index is -2.02. The van der Waals surface area contributed by atoms with Gasteiger partial charge in [0.15, 0.2) is 5.60 Å². The molecule has 1 aliphatic rings. The number of para-hydroxylation sites is 1. The molecule has 0 radical (unpaired) electrons. The van der Waals surface area contributed by atoms with Gasteiger partial charge in [0.05, 0.1) is 19.8 Å². The number of carbonyl (C=O) groups is 1. The van der Waals surface area contributed by atoms with Crippen molar-refractivity contribution in [1.82, 2.24) is 0 Å². The van der Waals surface area contributed by atoms with E-state index in [1.54, 1.807) is 31.2 Å². The van der Waals surface area contributed by atoms with Crippen molar-refractivity contribution >= 4 is 6.16 Å². The number of benzene rings is 3. The Balaban J connectivity index is 1.42. The molecule has 214 valence electrons. The minimum Gasteiger partial charge on any atom is -0.462 e. The Kier molecular flexibility index (Phi) is 10.5.